The molecule has 21 heavy (non-hydrogen) atoms. The van der Waals surface area contributed by atoms with Gasteiger partial charge in [0.1, 0.15) is 12.6 Å². The van der Waals surface area contributed by atoms with Crippen LogP contribution in [0.25, 0.3) is 0 Å². The average Bonchev–Trinajstić information content (AvgIpc) is 2.48. The molecule has 0 aromatic heterocycles. The van der Waals surface area contributed by atoms with E-state index in [4.69, 9.17) is 5.11 Å². The maximum Gasteiger partial charge on any atom is 0.252 e. The Morgan fingerprint density at radius 3 is 3.05 bits per heavy atom. The molecule has 1 saturated heterocycles. The minimum absolute atomic E-state index is 0.136. The number of aliphatic hydroxyl groups excluding tert-OH is 1. The number of benzene rings is 1. The van der Waals surface area contributed by atoms with E-state index in [-0.39, 0.29) is 18.4 Å². The molecule has 110 valence electrons. The SMILES string of the molecule is Cc1c(C#CCO)cccc1C(=O)NC1CCCNC1=O. The third-order valence-corrected chi connectivity index (χ3v) is 3.47. The van der Waals surface area contributed by atoms with Crippen molar-refractivity contribution >= 4 is 11.8 Å². The van der Waals surface area contributed by atoms with Gasteiger partial charge in [-0.3, -0.25) is 9.59 Å². The number of piperidine rings is 1. The van der Waals surface area contributed by atoms with Crippen LogP contribution >= 0.6 is 0 Å². The molecule has 1 aliphatic heterocycles. The van der Waals surface area contributed by atoms with E-state index in [9.17, 15) is 9.59 Å². The van der Waals surface area contributed by atoms with Gasteiger partial charge in [0, 0.05) is 17.7 Å². The Morgan fingerprint density at radius 2 is 2.33 bits per heavy atom. The van der Waals surface area contributed by atoms with Crippen LogP contribution in [0.1, 0.15) is 34.3 Å². The van der Waals surface area contributed by atoms with Crippen LogP contribution in [0.4, 0.5) is 0 Å². The topological polar surface area (TPSA) is 78.4 Å². The van der Waals surface area contributed by atoms with Crippen molar-refractivity contribution in [2.45, 2.75) is 25.8 Å². The third kappa shape index (κ3) is 3.61. The van der Waals surface area contributed by atoms with Gasteiger partial charge in [-0.15, -0.1) is 0 Å². The van der Waals surface area contributed by atoms with E-state index in [1.807, 2.05) is 0 Å². The van der Waals surface area contributed by atoms with E-state index >= 15 is 0 Å². The second-order valence-electron chi connectivity index (χ2n) is 4.90. The Morgan fingerprint density at radius 1 is 1.52 bits per heavy atom. The van der Waals surface area contributed by atoms with Crippen molar-refractivity contribution in [2.75, 3.05) is 13.2 Å². The van der Waals surface area contributed by atoms with Gasteiger partial charge in [0.2, 0.25) is 5.91 Å². The standard InChI is InChI=1S/C16H18N2O3/c1-11-12(6-4-10-19)5-2-7-13(11)15(20)18-14-8-3-9-17-16(14)21/h2,5,7,14,19H,3,8-10H2,1H3,(H,17,21)(H,18,20). The summed E-state index contributed by atoms with van der Waals surface area (Å²) in [5.41, 5.74) is 1.94. The lowest BCUT2D eigenvalue weighted by Gasteiger charge is -2.23. The number of hydrogen-bond acceptors (Lipinski definition) is 3. The molecule has 1 unspecified atom stereocenters. The smallest absolute Gasteiger partial charge is 0.252 e. The highest BCUT2D eigenvalue weighted by Gasteiger charge is 2.24. The van der Waals surface area contributed by atoms with E-state index in [1.165, 1.54) is 0 Å². The normalized spacial score (nSPS) is 17.4. The number of amides is 2. The molecule has 0 radical (unpaired) electrons. The molecular weight excluding hydrogens is 268 g/mol. The summed E-state index contributed by atoms with van der Waals surface area (Å²) in [6.07, 6.45) is 1.51. The predicted molar refractivity (Wildman–Crippen MR) is 78.6 cm³/mol. The van der Waals surface area contributed by atoms with Crippen molar-refractivity contribution in [3.05, 3.63) is 34.9 Å². The summed E-state index contributed by atoms with van der Waals surface area (Å²) >= 11 is 0. The lowest BCUT2D eigenvalue weighted by molar-refractivity contribution is -0.124. The molecule has 1 aromatic carbocycles. The zero-order chi connectivity index (χ0) is 15.2. The summed E-state index contributed by atoms with van der Waals surface area (Å²) in [5.74, 6) is 4.97. The highest BCUT2D eigenvalue weighted by Crippen LogP contribution is 2.14. The summed E-state index contributed by atoms with van der Waals surface area (Å²) in [5, 5.41) is 14.2. The molecule has 0 aliphatic carbocycles. The van der Waals surface area contributed by atoms with Gasteiger partial charge in [0.25, 0.3) is 5.91 Å². The number of carbonyl (C=O) groups excluding carboxylic acids is 2. The maximum absolute atomic E-state index is 12.3. The molecule has 1 aliphatic rings. The van der Waals surface area contributed by atoms with E-state index < -0.39 is 6.04 Å². The van der Waals surface area contributed by atoms with E-state index in [0.29, 0.717) is 24.1 Å². The molecule has 2 rings (SSSR count). The van der Waals surface area contributed by atoms with Crippen LogP contribution in [0, 0.1) is 18.8 Å². The fraction of sp³-hybridized carbons (Fsp3) is 0.375. The number of nitrogens with one attached hydrogen (secondary N) is 2. The molecule has 1 aromatic rings. The molecule has 3 N–H and O–H groups in total. The molecule has 0 bridgehead atoms. The second kappa shape index (κ2) is 6.91. The average molecular weight is 286 g/mol. The van der Waals surface area contributed by atoms with Crippen molar-refractivity contribution < 1.29 is 14.7 Å². The van der Waals surface area contributed by atoms with Crippen molar-refractivity contribution in [2.24, 2.45) is 0 Å². The monoisotopic (exact) mass is 286 g/mol. The van der Waals surface area contributed by atoms with Gasteiger partial charge in [-0.2, -0.15) is 0 Å². The summed E-state index contributed by atoms with van der Waals surface area (Å²) in [4.78, 5) is 24.0. The minimum Gasteiger partial charge on any atom is -0.384 e. The van der Waals surface area contributed by atoms with Crippen molar-refractivity contribution in [3.8, 4) is 11.8 Å². The molecule has 0 spiro atoms. The van der Waals surface area contributed by atoms with Crippen LogP contribution in [0.3, 0.4) is 0 Å². The summed E-state index contributed by atoms with van der Waals surface area (Å²) in [6.45, 7) is 2.24. The Hall–Kier alpha value is -2.32. The molecule has 2 amide bonds. The van der Waals surface area contributed by atoms with Crippen molar-refractivity contribution in [3.63, 3.8) is 0 Å². The van der Waals surface area contributed by atoms with Gasteiger partial charge in [-0.05, 0) is 37.5 Å². The first-order valence-electron chi connectivity index (χ1n) is 6.91. The van der Waals surface area contributed by atoms with Crippen LogP contribution in [-0.4, -0.2) is 36.1 Å². The van der Waals surface area contributed by atoms with Crippen LogP contribution in [0.15, 0.2) is 18.2 Å². The van der Waals surface area contributed by atoms with E-state index in [1.54, 1.807) is 25.1 Å². The van der Waals surface area contributed by atoms with Crippen LogP contribution in [-0.2, 0) is 4.79 Å². The summed E-state index contributed by atoms with van der Waals surface area (Å²) in [6, 6.07) is 4.76. The molecule has 5 nitrogen and oxygen atoms in total. The lowest BCUT2D eigenvalue weighted by atomic mass is 10.0. The van der Waals surface area contributed by atoms with Gasteiger partial charge < -0.3 is 15.7 Å². The minimum atomic E-state index is -0.474. The molecular formula is C16H18N2O3. The van der Waals surface area contributed by atoms with Crippen LogP contribution in [0.5, 0.6) is 0 Å². The van der Waals surface area contributed by atoms with Gasteiger partial charge in [0.05, 0.1) is 0 Å². The lowest BCUT2D eigenvalue weighted by Crippen LogP contribution is -2.50. The Bertz CT molecular complexity index is 614. The van der Waals surface area contributed by atoms with E-state index in [0.717, 1.165) is 12.0 Å². The first-order valence-corrected chi connectivity index (χ1v) is 6.91. The van der Waals surface area contributed by atoms with Crippen LogP contribution in [0.2, 0.25) is 0 Å². The molecule has 1 fully saturated rings. The van der Waals surface area contributed by atoms with Gasteiger partial charge in [-0.1, -0.05) is 17.9 Å². The van der Waals surface area contributed by atoms with Gasteiger partial charge in [0.15, 0.2) is 0 Å². The van der Waals surface area contributed by atoms with Gasteiger partial charge >= 0.3 is 0 Å². The summed E-state index contributed by atoms with van der Waals surface area (Å²) in [7, 11) is 0. The fourth-order valence-electron chi connectivity index (χ4n) is 2.30. The quantitative estimate of drug-likeness (QED) is 0.686. The fourth-order valence-corrected chi connectivity index (χ4v) is 2.30. The largest absolute Gasteiger partial charge is 0.384 e. The Labute approximate surface area is 123 Å². The Balaban J connectivity index is 2.17. The first kappa shape index (κ1) is 15.1. The highest BCUT2D eigenvalue weighted by atomic mass is 16.2. The predicted octanol–water partition coefficient (Wildman–Crippen LogP) is 0.347. The zero-order valence-electron chi connectivity index (χ0n) is 11.9. The number of carbonyl (C=O) groups is 2. The highest BCUT2D eigenvalue weighted by molar-refractivity contribution is 5.99. The zero-order valence-corrected chi connectivity index (χ0v) is 11.9. The van der Waals surface area contributed by atoms with Gasteiger partial charge in [-0.25, -0.2) is 0 Å². The Kier molecular flexibility index (Phi) is 4.96. The van der Waals surface area contributed by atoms with Crippen LogP contribution < -0.4 is 10.6 Å². The molecule has 1 heterocycles. The number of aliphatic hydroxyl groups is 1. The second-order valence-corrected chi connectivity index (χ2v) is 4.90. The van der Waals surface area contributed by atoms with Crippen molar-refractivity contribution in [1.82, 2.24) is 10.6 Å². The summed E-state index contributed by atoms with van der Waals surface area (Å²) < 4.78 is 0. The van der Waals surface area contributed by atoms with Crippen molar-refractivity contribution in [1.29, 1.82) is 0 Å². The number of hydrogen-bond donors (Lipinski definition) is 3. The first-order chi connectivity index (χ1) is 10.1. The maximum atomic E-state index is 12.3. The molecule has 0 saturated carbocycles. The van der Waals surface area contributed by atoms with E-state index in [2.05, 4.69) is 22.5 Å². The molecule has 5 heteroatoms. The molecule has 1 atom stereocenters. The third-order valence-electron chi connectivity index (χ3n) is 3.47. The number of rotatable bonds is 2.